The van der Waals surface area contributed by atoms with E-state index in [-0.39, 0.29) is 11.6 Å². The highest BCUT2D eigenvalue weighted by Gasteiger charge is 2.22. The first-order valence-electron chi connectivity index (χ1n) is 29.8. The van der Waals surface area contributed by atoms with Crippen molar-refractivity contribution in [1.82, 2.24) is 9.97 Å². The van der Waals surface area contributed by atoms with E-state index < -0.39 is 10.8 Å². The predicted molar refractivity (Wildman–Crippen MR) is 320 cm³/mol. The summed E-state index contributed by atoms with van der Waals surface area (Å²) in [7, 11) is 0. The first-order chi connectivity index (χ1) is 36.7. The number of hydrogen-bond donors (Lipinski definition) is 2. The van der Waals surface area contributed by atoms with Gasteiger partial charge in [-0.25, -0.2) is 9.97 Å². The Labute approximate surface area is 460 Å². The van der Waals surface area contributed by atoms with Crippen LogP contribution in [0.4, 0.5) is 11.4 Å². The number of benzene rings is 3. The molecule has 0 spiro atoms. The first kappa shape index (κ1) is 63.2. The van der Waals surface area contributed by atoms with Gasteiger partial charge in [0.05, 0.1) is 60.2 Å². The quantitative estimate of drug-likeness (QED) is 0.0329. The van der Waals surface area contributed by atoms with Crippen molar-refractivity contribution in [3.63, 3.8) is 0 Å². The molecule has 4 aromatic rings. The molecule has 0 amide bonds. The highest BCUT2D eigenvalue weighted by atomic mass is 16.5. The number of carbonyl (C=O) groups is 2. The molecule has 0 saturated carbocycles. The third-order valence-corrected chi connectivity index (χ3v) is 13.7. The van der Waals surface area contributed by atoms with Gasteiger partial charge in [0.15, 0.2) is 34.6 Å². The van der Waals surface area contributed by atoms with Crippen LogP contribution in [0.2, 0.25) is 0 Å². The van der Waals surface area contributed by atoms with Gasteiger partial charge in [0.25, 0.3) is 0 Å². The summed E-state index contributed by atoms with van der Waals surface area (Å²) in [6, 6.07) is 16.2. The number of rotatable bonds is 40. The fraction of sp³-hybridized carbons (Fsp3) is 0.606. The van der Waals surface area contributed by atoms with Gasteiger partial charge in [-0.05, 0) is 86.4 Å². The van der Waals surface area contributed by atoms with E-state index in [0.717, 1.165) is 74.0 Å². The number of carbonyl (C=O) groups excluding carboxylic acids is 2. The fourth-order valence-electron chi connectivity index (χ4n) is 8.69. The number of ketones is 2. The van der Waals surface area contributed by atoms with Crippen molar-refractivity contribution in [3.8, 4) is 45.5 Å². The minimum Gasteiger partial charge on any atom is -0.490 e. The van der Waals surface area contributed by atoms with Crippen molar-refractivity contribution in [2.45, 2.75) is 223 Å². The van der Waals surface area contributed by atoms with Crippen molar-refractivity contribution >= 4 is 34.0 Å². The van der Waals surface area contributed by atoms with Crippen LogP contribution in [0.3, 0.4) is 0 Å². The molecule has 10 heteroatoms. The number of ether oxygens (including phenoxy) is 4. The number of nitrogens with one attached hydrogen (secondary N) is 2. The maximum atomic E-state index is 13.0. The van der Waals surface area contributed by atoms with Gasteiger partial charge in [0, 0.05) is 34.4 Å². The lowest BCUT2D eigenvalue weighted by Gasteiger charge is -2.18. The molecule has 0 aliphatic rings. The standard InChI is InChI=1S/C66H100N4O6/c1-11-15-19-23-27-31-43-73-57-37-35-51(47-59(57)75-45-33-29-25-21-17-13-3)63-64(52-36-38-58(74-44-32-28-24-20-16-12-2)60(48-52)76-46-34-30-26-22-18-14-4)70-56-50-54(68-42-40-62(72)66(8,9)10)53(49-55(56)69-63)67-41-39-61(71)65(5,6)7/h35-42,47-50,67-68H,11-34,43-46H2,1-10H3/b41-39-,42-40+. The van der Waals surface area contributed by atoms with Crippen LogP contribution in [0.5, 0.6) is 23.0 Å². The van der Waals surface area contributed by atoms with Gasteiger partial charge in [-0.2, -0.15) is 0 Å². The molecular formula is C66H100N4O6. The van der Waals surface area contributed by atoms with Gasteiger partial charge in [-0.1, -0.05) is 198 Å². The van der Waals surface area contributed by atoms with Crippen LogP contribution in [0.1, 0.15) is 223 Å². The molecule has 0 saturated heterocycles. The number of aromatic nitrogens is 2. The van der Waals surface area contributed by atoms with E-state index in [9.17, 15) is 9.59 Å². The monoisotopic (exact) mass is 1040 g/mol. The van der Waals surface area contributed by atoms with E-state index in [0.29, 0.717) is 71.7 Å². The average molecular weight is 1050 g/mol. The molecule has 0 unspecified atom stereocenters. The molecule has 1 heterocycles. The van der Waals surface area contributed by atoms with Crippen LogP contribution in [-0.2, 0) is 9.59 Å². The molecule has 0 aliphatic carbocycles. The van der Waals surface area contributed by atoms with E-state index >= 15 is 0 Å². The minimum absolute atomic E-state index is 0.0132. The number of unbranched alkanes of at least 4 members (excludes halogenated alkanes) is 20. The Morgan fingerprint density at radius 1 is 0.408 bits per heavy atom. The van der Waals surface area contributed by atoms with Crippen molar-refractivity contribution < 1.29 is 28.5 Å². The second-order valence-electron chi connectivity index (χ2n) is 22.8. The summed E-state index contributed by atoms with van der Waals surface area (Å²) in [5.74, 6) is 2.82. The van der Waals surface area contributed by atoms with Crippen molar-refractivity contribution in [3.05, 3.63) is 73.1 Å². The van der Waals surface area contributed by atoms with Crippen molar-refractivity contribution in [1.29, 1.82) is 0 Å². The zero-order valence-electron chi connectivity index (χ0n) is 49.1. The Morgan fingerprint density at radius 2 is 0.697 bits per heavy atom. The summed E-state index contributed by atoms with van der Waals surface area (Å²) < 4.78 is 26.3. The molecule has 0 bridgehead atoms. The summed E-state index contributed by atoms with van der Waals surface area (Å²) in [4.78, 5) is 36.9. The van der Waals surface area contributed by atoms with Crippen LogP contribution < -0.4 is 29.6 Å². The summed E-state index contributed by atoms with van der Waals surface area (Å²) in [6.07, 6.45) is 34.6. The minimum atomic E-state index is -0.543. The van der Waals surface area contributed by atoms with Crippen LogP contribution in [0.25, 0.3) is 33.5 Å². The Bertz CT molecular complexity index is 2210. The maximum absolute atomic E-state index is 13.0. The molecule has 0 radical (unpaired) electrons. The lowest BCUT2D eigenvalue weighted by molar-refractivity contribution is -0.122. The van der Waals surface area contributed by atoms with Gasteiger partial charge in [0.1, 0.15) is 0 Å². The number of hydrogen-bond acceptors (Lipinski definition) is 10. The maximum Gasteiger partial charge on any atom is 0.162 e. The molecule has 1 aromatic heterocycles. The topological polar surface area (TPSA) is 121 Å². The Balaban J connectivity index is 1.89. The van der Waals surface area contributed by atoms with E-state index in [1.165, 1.54) is 103 Å². The third-order valence-electron chi connectivity index (χ3n) is 13.7. The van der Waals surface area contributed by atoms with Gasteiger partial charge in [-0.3, -0.25) is 9.59 Å². The van der Waals surface area contributed by atoms with Crippen molar-refractivity contribution in [2.75, 3.05) is 37.1 Å². The zero-order chi connectivity index (χ0) is 55.0. The van der Waals surface area contributed by atoms with Crippen LogP contribution in [-0.4, -0.2) is 48.0 Å². The molecule has 0 fully saturated rings. The first-order valence-corrected chi connectivity index (χ1v) is 29.8. The SMILES string of the molecule is CCCCCCCCOc1ccc(-c2nc3cc(N/C=C\C(=O)C(C)(C)C)c(N/C=C/C(=O)C(C)(C)C)cc3nc2-c2ccc(OCCCCCCCC)c(OCCCCCCCC)c2)cc1OCCCCCCCC. The van der Waals surface area contributed by atoms with E-state index in [1.807, 2.05) is 65.8 Å². The molecule has 2 N–H and O–H groups in total. The van der Waals surface area contributed by atoms with E-state index in [1.54, 1.807) is 24.6 Å². The number of fused-ring (bicyclic) bond motifs is 1. The fourth-order valence-corrected chi connectivity index (χ4v) is 8.69. The molecule has 0 atom stereocenters. The normalized spacial score (nSPS) is 12.0. The van der Waals surface area contributed by atoms with Crippen LogP contribution in [0.15, 0.2) is 73.1 Å². The van der Waals surface area contributed by atoms with Crippen LogP contribution in [0, 0.1) is 10.8 Å². The lowest BCUT2D eigenvalue weighted by Crippen LogP contribution is -2.17. The molecule has 4 rings (SSSR count). The molecule has 3 aromatic carbocycles. The summed E-state index contributed by atoms with van der Waals surface area (Å²) in [6.45, 7) is 22.8. The largest absolute Gasteiger partial charge is 0.490 e. The van der Waals surface area contributed by atoms with Gasteiger partial charge < -0.3 is 29.6 Å². The van der Waals surface area contributed by atoms with Crippen molar-refractivity contribution in [2.24, 2.45) is 10.8 Å². The van der Waals surface area contributed by atoms with E-state index in [4.69, 9.17) is 28.9 Å². The van der Waals surface area contributed by atoms with Gasteiger partial charge >= 0.3 is 0 Å². The summed E-state index contributed by atoms with van der Waals surface area (Å²) in [5.41, 5.74) is 4.51. The molecule has 0 aliphatic heterocycles. The Hall–Kier alpha value is -5.38. The second kappa shape index (κ2) is 35.1. The smallest absolute Gasteiger partial charge is 0.162 e. The molecule has 76 heavy (non-hydrogen) atoms. The molecule has 420 valence electrons. The van der Waals surface area contributed by atoms with E-state index in [2.05, 4.69) is 62.6 Å². The van der Waals surface area contributed by atoms with Gasteiger partial charge in [-0.15, -0.1) is 0 Å². The lowest BCUT2D eigenvalue weighted by atomic mass is 9.91. The number of anilines is 2. The summed E-state index contributed by atoms with van der Waals surface area (Å²) in [5, 5.41) is 6.70. The molecule has 10 nitrogen and oxygen atoms in total. The Morgan fingerprint density at radius 3 is 1.00 bits per heavy atom. The number of allylic oxidation sites excluding steroid dienone is 2. The Kier molecular flexibility index (Phi) is 29.2. The third kappa shape index (κ3) is 23.1. The predicted octanol–water partition coefficient (Wildman–Crippen LogP) is 19.0. The highest BCUT2D eigenvalue weighted by molar-refractivity contribution is 5.96. The summed E-state index contributed by atoms with van der Waals surface area (Å²) >= 11 is 0. The van der Waals surface area contributed by atoms with Crippen LogP contribution >= 0.6 is 0 Å². The molecular weight excluding hydrogens is 945 g/mol. The average Bonchev–Trinajstić information content (AvgIpc) is 3.39. The number of nitrogens with zero attached hydrogens (tertiary/aromatic N) is 2. The second-order valence-corrected chi connectivity index (χ2v) is 22.8. The van der Waals surface area contributed by atoms with Gasteiger partial charge in [0.2, 0.25) is 0 Å². The highest BCUT2D eigenvalue weighted by Crippen LogP contribution is 2.41. The zero-order valence-corrected chi connectivity index (χ0v) is 49.1.